The van der Waals surface area contributed by atoms with Crippen LogP contribution >= 0.6 is 23.4 Å². The number of carbonyl (C=O) groups is 2. The van der Waals surface area contributed by atoms with Gasteiger partial charge in [0.2, 0.25) is 0 Å². The van der Waals surface area contributed by atoms with Crippen LogP contribution in [0.15, 0.2) is 53.7 Å². The number of halogens is 1. The van der Waals surface area contributed by atoms with Crippen molar-refractivity contribution in [3.8, 4) is 0 Å². The number of anilines is 1. The highest BCUT2D eigenvalue weighted by Crippen LogP contribution is 2.23. The van der Waals surface area contributed by atoms with E-state index in [1.165, 1.54) is 18.0 Å². The molecule has 1 N–H and O–H groups in total. The largest absolute Gasteiger partial charge is 0.455 e. The Hall–Kier alpha value is -2.64. The van der Waals surface area contributed by atoms with E-state index < -0.39 is 11.9 Å². The monoisotopic (exact) mass is 401 g/mol. The standard InChI is InChI=1S/C19H16ClN3O3S/c1-12-8-18(22-15-5-3-2-4-14(12)15)27-11-19(25)26-10-17(24)23-16-7-6-13(20)9-21-16/h2-9H,10-11H2,1H3,(H,21,23,24). The van der Waals surface area contributed by atoms with Gasteiger partial charge in [-0.3, -0.25) is 9.59 Å². The highest BCUT2D eigenvalue weighted by atomic mass is 35.5. The molecule has 0 bridgehead atoms. The first kappa shape index (κ1) is 19.1. The van der Waals surface area contributed by atoms with Crippen molar-refractivity contribution in [2.75, 3.05) is 17.7 Å². The van der Waals surface area contributed by atoms with Gasteiger partial charge in [0.05, 0.1) is 21.3 Å². The molecule has 0 radical (unpaired) electrons. The van der Waals surface area contributed by atoms with Crippen LogP contribution in [0.25, 0.3) is 10.9 Å². The van der Waals surface area contributed by atoms with Crippen LogP contribution in [0.1, 0.15) is 5.56 Å². The van der Waals surface area contributed by atoms with Gasteiger partial charge in [0.1, 0.15) is 5.82 Å². The number of ether oxygens (including phenoxy) is 1. The number of amides is 1. The van der Waals surface area contributed by atoms with Gasteiger partial charge < -0.3 is 10.1 Å². The lowest BCUT2D eigenvalue weighted by Crippen LogP contribution is -2.22. The molecular weight excluding hydrogens is 386 g/mol. The minimum Gasteiger partial charge on any atom is -0.455 e. The summed E-state index contributed by atoms with van der Waals surface area (Å²) in [4.78, 5) is 32.1. The maximum atomic E-state index is 11.9. The average molecular weight is 402 g/mol. The van der Waals surface area contributed by atoms with Crippen molar-refractivity contribution in [2.45, 2.75) is 11.9 Å². The Morgan fingerprint density at radius 1 is 1.22 bits per heavy atom. The zero-order valence-electron chi connectivity index (χ0n) is 14.4. The topological polar surface area (TPSA) is 81.2 Å². The molecule has 0 fully saturated rings. The van der Waals surface area contributed by atoms with Gasteiger partial charge in [-0.25, -0.2) is 9.97 Å². The number of pyridine rings is 2. The number of hydrogen-bond donors (Lipinski definition) is 1. The van der Waals surface area contributed by atoms with E-state index in [-0.39, 0.29) is 12.4 Å². The zero-order valence-corrected chi connectivity index (χ0v) is 16.0. The van der Waals surface area contributed by atoms with Gasteiger partial charge in [-0.2, -0.15) is 0 Å². The van der Waals surface area contributed by atoms with E-state index in [9.17, 15) is 9.59 Å². The molecule has 0 aliphatic carbocycles. The van der Waals surface area contributed by atoms with Gasteiger partial charge in [-0.15, -0.1) is 0 Å². The van der Waals surface area contributed by atoms with Crippen molar-refractivity contribution in [3.63, 3.8) is 0 Å². The molecule has 1 aromatic carbocycles. The maximum absolute atomic E-state index is 11.9. The summed E-state index contributed by atoms with van der Waals surface area (Å²) in [6.07, 6.45) is 1.42. The van der Waals surface area contributed by atoms with Gasteiger partial charge in [0.25, 0.3) is 5.91 Å². The lowest BCUT2D eigenvalue weighted by Gasteiger charge is -2.07. The third-order valence-electron chi connectivity index (χ3n) is 3.60. The molecular formula is C19H16ClN3O3S. The summed E-state index contributed by atoms with van der Waals surface area (Å²) in [6, 6.07) is 12.9. The van der Waals surface area contributed by atoms with Crippen LogP contribution in [-0.4, -0.2) is 34.2 Å². The molecule has 3 rings (SSSR count). The summed E-state index contributed by atoms with van der Waals surface area (Å²) in [5.41, 5.74) is 1.97. The van der Waals surface area contributed by atoms with Gasteiger partial charge in [0, 0.05) is 11.6 Å². The number of rotatable bonds is 6. The Morgan fingerprint density at radius 2 is 2.04 bits per heavy atom. The van der Waals surface area contributed by atoms with Crippen molar-refractivity contribution in [1.82, 2.24) is 9.97 Å². The highest BCUT2D eigenvalue weighted by Gasteiger charge is 2.10. The summed E-state index contributed by atoms with van der Waals surface area (Å²) in [5.74, 6) is -0.558. The Morgan fingerprint density at radius 3 is 2.81 bits per heavy atom. The molecule has 0 unspecified atom stereocenters. The van der Waals surface area contributed by atoms with Crippen LogP contribution in [0.3, 0.4) is 0 Å². The average Bonchev–Trinajstić information content (AvgIpc) is 2.66. The molecule has 8 heteroatoms. The van der Waals surface area contributed by atoms with Crippen LogP contribution < -0.4 is 5.32 Å². The van der Waals surface area contributed by atoms with E-state index in [1.54, 1.807) is 12.1 Å². The number of fused-ring (bicyclic) bond motifs is 1. The molecule has 2 aromatic heterocycles. The van der Waals surface area contributed by atoms with Crippen molar-refractivity contribution in [2.24, 2.45) is 0 Å². The molecule has 0 aliphatic rings. The minimum absolute atomic E-state index is 0.0667. The molecule has 27 heavy (non-hydrogen) atoms. The van der Waals surface area contributed by atoms with Crippen molar-refractivity contribution in [3.05, 3.63) is 59.2 Å². The molecule has 2 heterocycles. The molecule has 138 valence electrons. The first-order valence-electron chi connectivity index (χ1n) is 8.07. The first-order chi connectivity index (χ1) is 13.0. The van der Waals surface area contributed by atoms with Crippen LogP contribution in [0, 0.1) is 6.92 Å². The van der Waals surface area contributed by atoms with Crippen LogP contribution in [-0.2, 0) is 14.3 Å². The van der Waals surface area contributed by atoms with Crippen LogP contribution in [0.5, 0.6) is 0 Å². The Balaban J connectivity index is 1.48. The number of carbonyl (C=O) groups excluding carboxylic acids is 2. The fraction of sp³-hybridized carbons (Fsp3) is 0.158. The quantitative estimate of drug-likeness (QED) is 0.499. The van der Waals surface area contributed by atoms with Gasteiger partial charge in [0.15, 0.2) is 6.61 Å². The van der Waals surface area contributed by atoms with Crippen LogP contribution in [0.2, 0.25) is 5.02 Å². The van der Waals surface area contributed by atoms with E-state index in [1.807, 2.05) is 37.3 Å². The summed E-state index contributed by atoms with van der Waals surface area (Å²) in [7, 11) is 0. The Labute approximate surface area is 165 Å². The summed E-state index contributed by atoms with van der Waals surface area (Å²) < 4.78 is 4.99. The third kappa shape index (κ3) is 5.42. The number of esters is 1. The lowest BCUT2D eigenvalue weighted by atomic mass is 10.1. The van der Waals surface area contributed by atoms with Crippen LogP contribution in [0.4, 0.5) is 5.82 Å². The van der Waals surface area contributed by atoms with Crippen molar-refractivity contribution in [1.29, 1.82) is 0 Å². The number of thioether (sulfide) groups is 1. The number of hydrogen-bond acceptors (Lipinski definition) is 6. The molecule has 0 spiro atoms. The van der Waals surface area contributed by atoms with Crippen molar-refractivity contribution < 1.29 is 14.3 Å². The second kappa shape index (κ2) is 8.83. The molecule has 6 nitrogen and oxygen atoms in total. The number of benzene rings is 1. The molecule has 0 aliphatic heterocycles. The van der Waals surface area contributed by atoms with Gasteiger partial charge in [-0.05, 0) is 36.8 Å². The van der Waals surface area contributed by atoms with E-state index >= 15 is 0 Å². The Bertz CT molecular complexity index is 980. The van der Waals surface area contributed by atoms with Gasteiger partial charge >= 0.3 is 5.97 Å². The number of para-hydroxylation sites is 1. The number of aryl methyl sites for hydroxylation is 1. The molecule has 0 saturated carbocycles. The second-order valence-electron chi connectivity index (χ2n) is 5.65. The number of aromatic nitrogens is 2. The van der Waals surface area contributed by atoms with E-state index in [2.05, 4.69) is 15.3 Å². The summed E-state index contributed by atoms with van der Waals surface area (Å²) in [6.45, 7) is 1.62. The number of nitrogens with one attached hydrogen (secondary N) is 1. The number of nitrogens with zero attached hydrogens (tertiary/aromatic N) is 2. The summed E-state index contributed by atoms with van der Waals surface area (Å²) >= 11 is 7.00. The van der Waals surface area contributed by atoms with E-state index in [0.29, 0.717) is 10.8 Å². The SMILES string of the molecule is Cc1cc(SCC(=O)OCC(=O)Nc2ccc(Cl)cn2)nc2ccccc12. The minimum atomic E-state index is -0.494. The molecule has 0 atom stereocenters. The maximum Gasteiger partial charge on any atom is 0.316 e. The lowest BCUT2D eigenvalue weighted by molar-refractivity contribution is -0.144. The third-order valence-corrected chi connectivity index (χ3v) is 4.71. The first-order valence-corrected chi connectivity index (χ1v) is 9.44. The fourth-order valence-electron chi connectivity index (χ4n) is 2.34. The Kier molecular flexibility index (Phi) is 6.26. The highest BCUT2D eigenvalue weighted by molar-refractivity contribution is 7.99. The zero-order chi connectivity index (χ0) is 19.2. The predicted octanol–water partition coefficient (Wildman–Crippen LogP) is 3.87. The summed E-state index contributed by atoms with van der Waals surface area (Å²) in [5, 5.41) is 4.80. The fourth-order valence-corrected chi connectivity index (χ4v) is 3.23. The molecule has 3 aromatic rings. The molecule has 0 saturated heterocycles. The normalized spacial score (nSPS) is 10.6. The van der Waals surface area contributed by atoms with E-state index in [4.69, 9.17) is 16.3 Å². The smallest absolute Gasteiger partial charge is 0.316 e. The van der Waals surface area contributed by atoms with Crippen molar-refractivity contribution >= 4 is 52.0 Å². The second-order valence-corrected chi connectivity index (χ2v) is 7.09. The van der Waals surface area contributed by atoms with Gasteiger partial charge in [-0.1, -0.05) is 41.6 Å². The van der Waals surface area contributed by atoms with E-state index in [0.717, 1.165) is 21.5 Å². The molecule has 1 amide bonds. The predicted molar refractivity (Wildman–Crippen MR) is 106 cm³/mol.